The SMILES string of the molecule is CCCCCCCN(C(=O)C(NC(=O)OC(C)(C)C)C(C)C)C(C(=O)NC(Cc1ccccc1)C(=O)OC(C)(C)C)c1ccccc1O. The molecule has 10 nitrogen and oxygen atoms in total. The van der Waals surface area contributed by atoms with Crippen molar-refractivity contribution in [3.63, 3.8) is 0 Å². The lowest BCUT2D eigenvalue weighted by Crippen LogP contribution is -2.56. The second-order valence-corrected chi connectivity index (χ2v) is 14.6. The fourth-order valence-electron chi connectivity index (χ4n) is 5.22. The van der Waals surface area contributed by atoms with Crippen molar-refractivity contribution in [3.8, 4) is 5.75 Å². The van der Waals surface area contributed by atoms with Crippen molar-refractivity contribution in [2.24, 2.45) is 5.92 Å². The topological polar surface area (TPSA) is 134 Å². The number of ether oxygens (including phenoxy) is 2. The molecule has 0 aliphatic heterocycles. The van der Waals surface area contributed by atoms with E-state index in [-0.39, 0.29) is 30.2 Å². The summed E-state index contributed by atoms with van der Waals surface area (Å²) in [5.41, 5.74) is -0.606. The molecule has 0 aromatic heterocycles. The molecule has 0 bridgehead atoms. The van der Waals surface area contributed by atoms with Crippen molar-refractivity contribution in [1.29, 1.82) is 0 Å². The van der Waals surface area contributed by atoms with Crippen molar-refractivity contribution in [3.05, 3.63) is 65.7 Å². The van der Waals surface area contributed by atoms with E-state index in [2.05, 4.69) is 17.6 Å². The summed E-state index contributed by atoms with van der Waals surface area (Å²) >= 11 is 0. The van der Waals surface area contributed by atoms with Crippen LogP contribution in [0.3, 0.4) is 0 Å². The standard InChI is InChI=1S/C38H57N3O7/c1-10-11-12-13-19-24-41(34(44)31(26(2)3)40-36(46)48-38(7,8)9)32(28-22-17-18-23-30(28)42)33(43)39-29(35(45)47-37(4,5)6)25-27-20-15-14-16-21-27/h14-18,20-23,26,29,31-32,42H,10-13,19,24-25H2,1-9H3,(H,39,43)(H,40,46). The molecule has 3 N–H and O–H groups in total. The van der Waals surface area contributed by atoms with Crippen molar-refractivity contribution in [2.45, 2.75) is 130 Å². The number of unbranched alkanes of at least 4 members (excludes halogenated alkanes) is 4. The number of nitrogens with one attached hydrogen (secondary N) is 2. The molecule has 0 saturated heterocycles. The third-order valence-corrected chi connectivity index (χ3v) is 7.47. The largest absolute Gasteiger partial charge is 0.508 e. The van der Waals surface area contributed by atoms with Crippen LogP contribution in [-0.2, 0) is 30.3 Å². The Hall–Kier alpha value is -4.08. The number of nitrogens with zero attached hydrogens (tertiary/aromatic N) is 1. The Morgan fingerprint density at radius 2 is 1.38 bits per heavy atom. The summed E-state index contributed by atoms with van der Waals surface area (Å²) in [6.45, 7) is 16.3. The normalized spacial score (nSPS) is 13.6. The van der Waals surface area contributed by atoms with Gasteiger partial charge < -0.3 is 30.1 Å². The van der Waals surface area contributed by atoms with Crippen LogP contribution in [0.4, 0.5) is 4.79 Å². The first-order valence-electron chi connectivity index (χ1n) is 17.1. The summed E-state index contributed by atoms with van der Waals surface area (Å²) in [6.07, 6.45) is 3.81. The van der Waals surface area contributed by atoms with Gasteiger partial charge in [0.25, 0.3) is 0 Å². The molecule has 3 atom stereocenters. The molecule has 0 saturated carbocycles. The Morgan fingerprint density at radius 3 is 1.94 bits per heavy atom. The quantitative estimate of drug-likeness (QED) is 0.132. The Kier molecular flexibility index (Phi) is 15.4. The maximum absolute atomic E-state index is 14.5. The molecule has 266 valence electrons. The number of carbonyl (C=O) groups excluding carboxylic acids is 4. The number of phenolic OH excluding ortho intramolecular Hbond substituents is 1. The van der Waals surface area contributed by atoms with Gasteiger partial charge in [0.1, 0.15) is 35.1 Å². The lowest BCUT2D eigenvalue weighted by atomic mass is 9.97. The Balaban J connectivity index is 2.62. The number of carbonyl (C=O) groups is 4. The highest BCUT2D eigenvalue weighted by atomic mass is 16.6. The number of benzene rings is 2. The maximum Gasteiger partial charge on any atom is 0.408 e. The van der Waals surface area contributed by atoms with E-state index < -0.39 is 53.2 Å². The minimum atomic E-state index is -1.33. The molecule has 2 aromatic rings. The second-order valence-electron chi connectivity index (χ2n) is 14.6. The van der Waals surface area contributed by atoms with Crippen molar-refractivity contribution in [1.82, 2.24) is 15.5 Å². The summed E-state index contributed by atoms with van der Waals surface area (Å²) in [4.78, 5) is 56.9. The van der Waals surface area contributed by atoms with Crippen LogP contribution in [0.2, 0.25) is 0 Å². The highest BCUT2D eigenvalue weighted by molar-refractivity contribution is 5.94. The van der Waals surface area contributed by atoms with E-state index in [0.717, 1.165) is 31.2 Å². The molecule has 3 amide bonds. The van der Waals surface area contributed by atoms with Crippen LogP contribution in [-0.4, -0.2) is 63.7 Å². The van der Waals surface area contributed by atoms with Gasteiger partial charge in [0.2, 0.25) is 11.8 Å². The smallest absolute Gasteiger partial charge is 0.408 e. The van der Waals surface area contributed by atoms with E-state index >= 15 is 0 Å². The second kappa shape index (κ2) is 18.5. The Morgan fingerprint density at radius 1 is 0.792 bits per heavy atom. The maximum atomic E-state index is 14.5. The van der Waals surface area contributed by atoms with Gasteiger partial charge in [-0.2, -0.15) is 0 Å². The molecule has 2 aromatic carbocycles. The van der Waals surface area contributed by atoms with Gasteiger partial charge in [0, 0.05) is 18.5 Å². The monoisotopic (exact) mass is 667 g/mol. The summed E-state index contributed by atoms with van der Waals surface area (Å²) in [5, 5.41) is 16.6. The Labute approximate surface area is 287 Å². The zero-order chi connectivity index (χ0) is 36.1. The number of amides is 3. The first-order valence-corrected chi connectivity index (χ1v) is 17.1. The van der Waals surface area contributed by atoms with Crippen LogP contribution in [0.5, 0.6) is 5.75 Å². The van der Waals surface area contributed by atoms with Crippen LogP contribution >= 0.6 is 0 Å². The molecule has 0 aliphatic carbocycles. The number of phenols is 1. The van der Waals surface area contributed by atoms with E-state index in [1.165, 1.54) is 11.0 Å². The molecule has 0 spiro atoms. The van der Waals surface area contributed by atoms with Crippen molar-refractivity contribution >= 4 is 23.9 Å². The average molecular weight is 668 g/mol. The number of esters is 1. The van der Waals surface area contributed by atoms with Crippen LogP contribution in [0.1, 0.15) is 112 Å². The first kappa shape index (κ1) is 40.1. The fourth-order valence-corrected chi connectivity index (χ4v) is 5.22. The fraction of sp³-hybridized carbons (Fsp3) is 0.579. The lowest BCUT2D eigenvalue weighted by Gasteiger charge is -2.36. The van der Waals surface area contributed by atoms with E-state index in [0.29, 0.717) is 6.42 Å². The van der Waals surface area contributed by atoms with Crippen LogP contribution in [0.15, 0.2) is 54.6 Å². The summed E-state index contributed by atoms with van der Waals surface area (Å²) in [7, 11) is 0. The number of rotatable bonds is 16. The highest BCUT2D eigenvalue weighted by Crippen LogP contribution is 2.31. The first-order chi connectivity index (χ1) is 22.4. The predicted molar refractivity (Wildman–Crippen MR) is 187 cm³/mol. The summed E-state index contributed by atoms with van der Waals surface area (Å²) in [5.74, 6) is -2.34. The van der Waals surface area contributed by atoms with Gasteiger partial charge >= 0.3 is 12.1 Å². The zero-order valence-electron chi connectivity index (χ0n) is 30.3. The molecule has 2 rings (SSSR count). The van der Waals surface area contributed by atoms with Crippen molar-refractivity contribution in [2.75, 3.05) is 6.54 Å². The van der Waals surface area contributed by atoms with Gasteiger partial charge in [0.05, 0.1) is 0 Å². The molecule has 48 heavy (non-hydrogen) atoms. The molecule has 10 heteroatoms. The van der Waals surface area contributed by atoms with Gasteiger partial charge in [-0.15, -0.1) is 0 Å². The van der Waals surface area contributed by atoms with Gasteiger partial charge in [-0.25, -0.2) is 9.59 Å². The average Bonchev–Trinajstić information content (AvgIpc) is 2.98. The van der Waals surface area contributed by atoms with Crippen molar-refractivity contribution < 1.29 is 33.8 Å². The van der Waals surface area contributed by atoms with E-state index in [1.807, 2.05) is 30.3 Å². The third-order valence-electron chi connectivity index (χ3n) is 7.47. The van der Waals surface area contributed by atoms with E-state index in [4.69, 9.17) is 9.47 Å². The predicted octanol–water partition coefficient (Wildman–Crippen LogP) is 6.85. The molecule has 0 heterocycles. The van der Waals surface area contributed by atoms with Crippen LogP contribution < -0.4 is 10.6 Å². The number of hydrogen-bond donors (Lipinski definition) is 3. The highest BCUT2D eigenvalue weighted by Gasteiger charge is 2.40. The van der Waals surface area contributed by atoms with E-state index in [1.54, 1.807) is 73.6 Å². The number of aromatic hydroxyl groups is 1. The van der Waals surface area contributed by atoms with Gasteiger partial charge in [-0.3, -0.25) is 9.59 Å². The lowest BCUT2D eigenvalue weighted by molar-refractivity contribution is -0.159. The summed E-state index contributed by atoms with van der Waals surface area (Å²) in [6, 6.07) is 12.1. The minimum Gasteiger partial charge on any atom is -0.508 e. The van der Waals surface area contributed by atoms with Gasteiger partial charge in [-0.05, 0) is 65.5 Å². The molecule has 0 aliphatic rings. The summed E-state index contributed by atoms with van der Waals surface area (Å²) < 4.78 is 11.2. The molecule has 0 radical (unpaired) electrons. The minimum absolute atomic E-state index is 0.148. The number of hydrogen-bond acceptors (Lipinski definition) is 7. The third kappa shape index (κ3) is 13.6. The van der Waals surface area contributed by atoms with Crippen LogP contribution in [0, 0.1) is 5.92 Å². The number of alkyl carbamates (subject to hydrolysis) is 1. The molecular weight excluding hydrogens is 610 g/mol. The van der Waals surface area contributed by atoms with E-state index in [9.17, 15) is 24.3 Å². The van der Waals surface area contributed by atoms with Crippen LogP contribution in [0.25, 0.3) is 0 Å². The Bertz CT molecular complexity index is 1330. The zero-order valence-corrected chi connectivity index (χ0v) is 30.3. The number of para-hydroxylation sites is 1. The molecule has 0 fully saturated rings. The molecular formula is C38H57N3O7. The molecule has 3 unspecified atom stereocenters. The van der Waals surface area contributed by atoms with Gasteiger partial charge in [0.15, 0.2) is 0 Å². The van der Waals surface area contributed by atoms with Gasteiger partial charge in [-0.1, -0.05) is 95.0 Å².